The zero-order valence-electron chi connectivity index (χ0n) is 18.0. The largest absolute Gasteiger partial charge is 0.369 e. The molecule has 0 amide bonds. The van der Waals surface area contributed by atoms with Gasteiger partial charge in [-0.3, -0.25) is 4.79 Å². The molecule has 0 bridgehead atoms. The standard InChI is InChI=1S/C23H18F3N5O3S/c24-14-2-1-3-16(35(27,33)34)17(14)12-6-7-15(25)19(20(12)26)21(32)13-9-29-23-18(13)22(30-10-31-23)28-8-11-4-5-11/h1-3,6-7,9-11H,4-5,8H2,(H2,27,33,34)(H2,28,29,30,31). The number of H-pyrrole nitrogens is 1. The van der Waals surface area contributed by atoms with Crippen molar-refractivity contribution in [3.05, 3.63) is 71.4 Å². The average Bonchev–Trinajstić information content (AvgIpc) is 3.53. The molecule has 0 spiro atoms. The lowest BCUT2D eigenvalue weighted by molar-refractivity contribution is 0.103. The molecule has 2 aromatic carbocycles. The summed E-state index contributed by atoms with van der Waals surface area (Å²) in [6, 6.07) is 4.61. The topological polar surface area (TPSA) is 131 Å². The van der Waals surface area contributed by atoms with Gasteiger partial charge >= 0.3 is 0 Å². The predicted molar refractivity (Wildman–Crippen MR) is 122 cm³/mol. The van der Waals surface area contributed by atoms with Crippen LogP contribution in [0.4, 0.5) is 19.0 Å². The number of fused-ring (bicyclic) bond motifs is 1. The summed E-state index contributed by atoms with van der Waals surface area (Å²) in [5.41, 5.74) is -2.13. The molecule has 2 heterocycles. The number of hydrogen-bond acceptors (Lipinski definition) is 6. The fourth-order valence-electron chi connectivity index (χ4n) is 3.93. The fourth-order valence-corrected chi connectivity index (χ4v) is 4.69. The van der Waals surface area contributed by atoms with Crippen LogP contribution in [0.5, 0.6) is 0 Å². The number of sulfonamides is 1. The van der Waals surface area contributed by atoms with E-state index in [-0.39, 0.29) is 16.6 Å². The van der Waals surface area contributed by atoms with Gasteiger partial charge in [0, 0.05) is 23.9 Å². The van der Waals surface area contributed by atoms with Gasteiger partial charge in [-0.25, -0.2) is 36.7 Å². The smallest absolute Gasteiger partial charge is 0.238 e. The molecule has 1 aliphatic rings. The van der Waals surface area contributed by atoms with E-state index in [9.17, 15) is 22.0 Å². The second-order valence-corrected chi connectivity index (χ2v) is 9.77. The molecule has 0 radical (unpaired) electrons. The van der Waals surface area contributed by atoms with Crippen molar-refractivity contribution in [2.75, 3.05) is 11.9 Å². The molecule has 4 aromatic rings. The minimum Gasteiger partial charge on any atom is -0.369 e. The number of nitrogens with one attached hydrogen (secondary N) is 2. The molecule has 2 aromatic heterocycles. The molecule has 0 saturated heterocycles. The molecule has 1 aliphatic carbocycles. The van der Waals surface area contributed by atoms with E-state index < -0.39 is 54.8 Å². The monoisotopic (exact) mass is 501 g/mol. The van der Waals surface area contributed by atoms with E-state index in [0.29, 0.717) is 18.3 Å². The van der Waals surface area contributed by atoms with Gasteiger partial charge in [0.25, 0.3) is 0 Å². The molecule has 4 N–H and O–H groups in total. The summed E-state index contributed by atoms with van der Waals surface area (Å²) >= 11 is 0. The average molecular weight is 501 g/mol. The van der Waals surface area contributed by atoms with Crippen molar-refractivity contribution in [1.29, 1.82) is 0 Å². The van der Waals surface area contributed by atoms with Gasteiger partial charge in [0.2, 0.25) is 15.8 Å². The Morgan fingerprint density at radius 3 is 2.60 bits per heavy atom. The van der Waals surface area contributed by atoms with Crippen LogP contribution >= 0.6 is 0 Å². The van der Waals surface area contributed by atoms with Gasteiger partial charge < -0.3 is 10.3 Å². The first-order valence-corrected chi connectivity index (χ1v) is 12.1. The van der Waals surface area contributed by atoms with Crippen molar-refractivity contribution in [2.45, 2.75) is 17.7 Å². The van der Waals surface area contributed by atoms with E-state index in [1.54, 1.807) is 0 Å². The molecule has 12 heteroatoms. The number of anilines is 1. The number of nitrogens with zero attached hydrogens (tertiary/aromatic N) is 2. The van der Waals surface area contributed by atoms with Gasteiger partial charge in [0.15, 0.2) is 0 Å². The van der Waals surface area contributed by atoms with Gasteiger partial charge in [-0.05, 0) is 43.0 Å². The number of carbonyl (C=O) groups is 1. The molecule has 1 saturated carbocycles. The Morgan fingerprint density at radius 2 is 1.89 bits per heavy atom. The van der Waals surface area contributed by atoms with Crippen LogP contribution in [-0.2, 0) is 10.0 Å². The molecule has 8 nitrogen and oxygen atoms in total. The Bertz CT molecular complexity index is 1600. The lowest BCUT2D eigenvalue weighted by Crippen LogP contribution is -2.15. The molecular formula is C23H18F3N5O3S. The van der Waals surface area contributed by atoms with Crippen LogP contribution in [0.15, 0.2) is 47.8 Å². The minimum absolute atomic E-state index is 0.103. The predicted octanol–water partition coefficient (Wildman–Crippen LogP) is 3.74. The van der Waals surface area contributed by atoms with Crippen LogP contribution in [0.3, 0.4) is 0 Å². The van der Waals surface area contributed by atoms with Crippen molar-refractivity contribution >= 4 is 32.7 Å². The number of aromatic nitrogens is 3. The fraction of sp³-hybridized carbons (Fsp3) is 0.174. The van der Waals surface area contributed by atoms with E-state index >= 15 is 4.39 Å². The zero-order chi connectivity index (χ0) is 24.9. The van der Waals surface area contributed by atoms with E-state index in [0.717, 1.165) is 43.2 Å². The van der Waals surface area contributed by atoms with E-state index in [1.165, 1.54) is 12.5 Å². The highest BCUT2D eigenvalue weighted by molar-refractivity contribution is 7.89. The van der Waals surface area contributed by atoms with Crippen LogP contribution in [0.1, 0.15) is 28.8 Å². The van der Waals surface area contributed by atoms with Crippen LogP contribution in [0.25, 0.3) is 22.2 Å². The molecule has 0 atom stereocenters. The number of hydrogen-bond donors (Lipinski definition) is 3. The van der Waals surface area contributed by atoms with E-state index in [2.05, 4.69) is 20.3 Å². The van der Waals surface area contributed by atoms with Crippen molar-refractivity contribution < 1.29 is 26.4 Å². The van der Waals surface area contributed by atoms with Crippen LogP contribution in [0.2, 0.25) is 0 Å². The third-order valence-corrected chi connectivity index (χ3v) is 6.79. The van der Waals surface area contributed by atoms with Gasteiger partial charge in [0.05, 0.1) is 21.4 Å². The SMILES string of the molecule is NS(=O)(=O)c1cccc(F)c1-c1ccc(F)c(C(=O)c2c[nH]c3ncnc(NCC4CC4)c23)c1F. The van der Waals surface area contributed by atoms with Crippen molar-refractivity contribution in [1.82, 2.24) is 15.0 Å². The third-order valence-electron chi connectivity index (χ3n) is 5.84. The van der Waals surface area contributed by atoms with Crippen molar-refractivity contribution in [3.63, 3.8) is 0 Å². The van der Waals surface area contributed by atoms with Gasteiger partial charge in [-0.2, -0.15) is 0 Å². The summed E-state index contributed by atoms with van der Waals surface area (Å²) < 4.78 is 69.1. The Balaban J connectivity index is 1.66. The number of halogens is 3. The number of carbonyl (C=O) groups excluding carboxylic acids is 1. The summed E-state index contributed by atoms with van der Waals surface area (Å²) in [4.78, 5) is 23.7. The number of nitrogens with two attached hydrogens (primary N) is 1. The highest BCUT2D eigenvalue weighted by Crippen LogP contribution is 2.36. The van der Waals surface area contributed by atoms with Gasteiger partial charge in [-0.15, -0.1) is 0 Å². The Kier molecular flexibility index (Phi) is 5.56. The normalized spacial score (nSPS) is 13.8. The summed E-state index contributed by atoms with van der Waals surface area (Å²) in [5.74, 6) is -3.97. The Hall–Kier alpha value is -3.77. The number of ketones is 1. The maximum Gasteiger partial charge on any atom is 0.238 e. The van der Waals surface area contributed by atoms with Crippen LogP contribution in [0, 0.1) is 23.4 Å². The lowest BCUT2D eigenvalue weighted by atomic mass is 9.96. The van der Waals surface area contributed by atoms with Crippen LogP contribution in [-0.4, -0.2) is 35.7 Å². The molecule has 0 aliphatic heterocycles. The number of aromatic amines is 1. The van der Waals surface area contributed by atoms with Gasteiger partial charge in [-0.1, -0.05) is 6.07 Å². The number of benzene rings is 2. The molecule has 0 unspecified atom stereocenters. The van der Waals surface area contributed by atoms with Crippen molar-refractivity contribution in [2.24, 2.45) is 11.1 Å². The number of rotatable bonds is 7. The Morgan fingerprint density at radius 1 is 1.11 bits per heavy atom. The highest BCUT2D eigenvalue weighted by Gasteiger charge is 2.29. The first-order valence-electron chi connectivity index (χ1n) is 10.6. The molecule has 35 heavy (non-hydrogen) atoms. The molecule has 5 rings (SSSR count). The summed E-state index contributed by atoms with van der Waals surface area (Å²) in [6.45, 7) is 0.618. The molecule has 1 fully saturated rings. The second kappa shape index (κ2) is 8.47. The van der Waals surface area contributed by atoms with Gasteiger partial charge in [0.1, 0.15) is 35.2 Å². The summed E-state index contributed by atoms with van der Waals surface area (Å²) in [6.07, 6.45) is 4.69. The lowest BCUT2D eigenvalue weighted by Gasteiger charge is -2.13. The quantitative estimate of drug-likeness (QED) is 0.331. The first-order chi connectivity index (χ1) is 16.7. The maximum atomic E-state index is 15.7. The van der Waals surface area contributed by atoms with E-state index in [4.69, 9.17) is 5.14 Å². The second-order valence-electron chi connectivity index (χ2n) is 8.24. The Labute approximate surface area is 197 Å². The highest BCUT2D eigenvalue weighted by atomic mass is 32.2. The van der Waals surface area contributed by atoms with Crippen molar-refractivity contribution in [3.8, 4) is 11.1 Å². The number of primary sulfonamides is 1. The maximum absolute atomic E-state index is 15.7. The first kappa shape index (κ1) is 23.0. The summed E-state index contributed by atoms with van der Waals surface area (Å²) in [5, 5.41) is 8.56. The summed E-state index contributed by atoms with van der Waals surface area (Å²) in [7, 11) is -4.47. The van der Waals surface area contributed by atoms with E-state index in [1.807, 2.05) is 0 Å². The van der Waals surface area contributed by atoms with Crippen LogP contribution < -0.4 is 10.5 Å². The minimum atomic E-state index is -4.47. The zero-order valence-corrected chi connectivity index (χ0v) is 18.8. The third kappa shape index (κ3) is 4.15. The molecular weight excluding hydrogens is 483 g/mol. The molecule has 180 valence electrons.